The second-order valence-electron chi connectivity index (χ2n) is 3.44. The molecule has 1 nitrogen and oxygen atoms in total. The number of rotatable bonds is 1. The Kier molecular flexibility index (Phi) is 4.50. The summed E-state index contributed by atoms with van der Waals surface area (Å²) in [6.07, 6.45) is -4.27. The van der Waals surface area contributed by atoms with Gasteiger partial charge in [0.25, 0.3) is 0 Å². The highest BCUT2D eigenvalue weighted by Crippen LogP contribution is 2.30. The standard InChI is InChI=1S/C13H9F3.CN/c14-13(15,16)12-8-6-11(7-9-12)10-4-2-1-3-5-10;1-2/h1-9H;/q;-1. The van der Waals surface area contributed by atoms with Crippen molar-refractivity contribution in [1.29, 1.82) is 5.26 Å². The molecule has 0 aliphatic rings. The minimum absolute atomic E-state index is 0.618. The van der Waals surface area contributed by atoms with Gasteiger partial charge in [0.2, 0.25) is 0 Å². The summed E-state index contributed by atoms with van der Waals surface area (Å²) >= 11 is 0. The van der Waals surface area contributed by atoms with Crippen LogP contribution in [-0.4, -0.2) is 0 Å². The van der Waals surface area contributed by atoms with Crippen LogP contribution >= 0.6 is 0 Å². The molecule has 2 aromatic carbocycles. The first-order valence-electron chi connectivity index (χ1n) is 5.02. The van der Waals surface area contributed by atoms with Crippen LogP contribution in [0.2, 0.25) is 0 Å². The van der Waals surface area contributed by atoms with E-state index in [4.69, 9.17) is 11.8 Å². The SMILES string of the molecule is FC(F)(F)c1ccc(-c2ccccc2)cc1.[C-]#N. The number of alkyl halides is 3. The van der Waals surface area contributed by atoms with Crippen LogP contribution in [0.4, 0.5) is 13.2 Å². The van der Waals surface area contributed by atoms with Gasteiger partial charge in [-0.3, -0.25) is 0 Å². The lowest BCUT2D eigenvalue weighted by Crippen LogP contribution is -2.03. The molecule has 2 rings (SSSR count). The molecule has 0 unspecified atom stereocenters. The molecular formula is C14H9F3N-. The van der Waals surface area contributed by atoms with Crippen LogP contribution in [0.15, 0.2) is 54.6 Å². The molecule has 0 fully saturated rings. The Hall–Kier alpha value is -2.28. The van der Waals surface area contributed by atoms with Crippen molar-refractivity contribution in [2.45, 2.75) is 6.18 Å². The van der Waals surface area contributed by atoms with E-state index in [9.17, 15) is 13.2 Å². The third-order valence-electron chi connectivity index (χ3n) is 2.32. The molecule has 0 heterocycles. The van der Waals surface area contributed by atoms with E-state index in [2.05, 4.69) is 0 Å². The quantitative estimate of drug-likeness (QED) is 0.683. The largest absolute Gasteiger partial charge is 0.512 e. The molecule has 0 spiro atoms. The van der Waals surface area contributed by atoms with Crippen LogP contribution in [0, 0.1) is 11.8 Å². The molecule has 0 N–H and O–H groups in total. The van der Waals surface area contributed by atoms with Crippen LogP contribution < -0.4 is 0 Å². The Morgan fingerprint density at radius 1 is 0.722 bits per heavy atom. The maximum Gasteiger partial charge on any atom is 0.416 e. The second kappa shape index (κ2) is 5.87. The highest BCUT2D eigenvalue weighted by molar-refractivity contribution is 5.63. The zero-order valence-electron chi connectivity index (χ0n) is 9.28. The second-order valence-corrected chi connectivity index (χ2v) is 3.44. The Morgan fingerprint density at radius 2 is 1.17 bits per heavy atom. The zero-order valence-corrected chi connectivity index (χ0v) is 9.28. The molecule has 0 atom stereocenters. The summed E-state index contributed by atoms with van der Waals surface area (Å²) in [4.78, 5) is 0. The smallest absolute Gasteiger partial charge is 0.416 e. The molecule has 18 heavy (non-hydrogen) atoms. The molecule has 0 saturated heterocycles. The van der Waals surface area contributed by atoms with Crippen molar-refractivity contribution in [3.63, 3.8) is 0 Å². The van der Waals surface area contributed by atoms with Crippen LogP contribution in [0.5, 0.6) is 0 Å². The number of halogens is 3. The van der Waals surface area contributed by atoms with E-state index in [0.29, 0.717) is 0 Å². The predicted octanol–water partition coefficient (Wildman–Crippen LogP) is 4.47. The molecule has 2 aromatic rings. The van der Waals surface area contributed by atoms with E-state index < -0.39 is 11.7 Å². The van der Waals surface area contributed by atoms with Crippen LogP contribution in [0.3, 0.4) is 0 Å². The van der Waals surface area contributed by atoms with Gasteiger partial charge in [0.1, 0.15) is 0 Å². The van der Waals surface area contributed by atoms with Crippen molar-refractivity contribution in [3.05, 3.63) is 66.7 Å². The third kappa shape index (κ3) is 3.36. The summed E-state index contributed by atoms with van der Waals surface area (Å²) in [6, 6.07) is 14.5. The summed E-state index contributed by atoms with van der Waals surface area (Å²) in [6.45, 7) is 4.75. The van der Waals surface area contributed by atoms with Crippen LogP contribution in [0.25, 0.3) is 11.1 Å². The number of nitrogens with zero attached hydrogens (tertiary/aromatic N) is 1. The van der Waals surface area contributed by atoms with E-state index in [-0.39, 0.29) is 0 Å². The van der Waals surface area contributed by atoms with Crippen molar-refractivity contribution in [2.24, 2.45) is 0 Å². The van der Waals surface area contributed by atoms with Gasteiger partial charge in [-0.2, -0.15) is 13.2 Å². The van der Waals surface area contributed by atoms with Crippen molar-refractivity contribution in [2.75, 3.05) is 0 Å². The highest BCUT2D eigenvalue weighted by atomic mass is 19.4. The Bertz CT molecular complexity index is 498. The summed E-state index contributed by atoms with van der Waals surface area (Å²) in [7, 11) is 0. The number of hydrogen-bond donors (Lipinski definition) is 0. The van der Waals surface area contributed by atoms with Crippen molar-refractivity contribution in [3.8, 4) is 11.1 Å². The monoisotopic (exact) mass is 248 g/mol. The van der Waals surface area contributed by atoms with Crippen molar-refractivity contribution >= 4 is 0 Å². The van der Waals surface area contributed by atoms with Gasteiger partial charge in [-0.25, -0.2) is 0 Å². The van der Waals surface area contributed by atoms with Gasteiger partial charge in [-0.05, 0) is 23.3 Å². The maximum atomic E-state index is 12.3. The predicted molar refractivity (Wildman–Crippen MR) is 61.8 cm³/mol. The minimum atomic E-state index is -4.27. The van der Waals surface area contributed by atoms with Gasteiger partial charge in [0.05, 0.1) is 5.56 Å². The molecule has 0 saturated carbocycles. The van der Waals surface area contributed by atoms with E-state index in [1.165, 1.54) is 12.1 Å². The molecule has 4 heteroatoms. The van der Waals surface area contributed by atoms with Gasteiger partial charge >= 0.3 is 6.18 Å². The fourth-order valence-corrected chi connectivity index (χ4v) is 1.48. The summed E-state index contributed by atoms with van der Waals surface area (Å²) in [5.41, 5.74) is 1.08. The van der Waals surface area contributed by atoms with Crippen LogP contribution in [-0.2, 0) is 6.18 Å². The first kappa shape index (κ1) is 13.8. The minimum Gasteiger partial charge on any atom is -0.512 e. The molecule has 0 aliphatic carbocycles. The van der Waals surface area contributed by atoms with Gasteiger partial charge < -0.3 is 11.8 Å². The summed E-state index contributed by atoms with van der Waals surface area (Å²) in [5.74, 6) is 0. The number of benzene rings is 2. The normalized spacial score (nSPS) is 10.3. The fraction of sp³-hybridized carbons (Fsp3) is 0.0714. The lowest BCUT2D eigenvalue weighted by atomic mass is 10.0. The molecule has 0 radical (unpaired) electrons. The average Bonchev–Trinajstić information content (AvgIpc) is 2.41. The maximum absolute atomic E-state index is 12.3. The molecule has 0 bridgehead atoms. The third-order valence-corrected chi connectivity index (χ3v) is 2.32. The topological polar surface area (TPSA) is 23.8 Å². The zero-order chi connectivity index (χ0) is 13.6. The molecular weight excluding hydrogens is 239 g/mol. The fourth-order valence-electron chi connectivity index (χ4n) is 1.48. The summed E-state index contributed by atoms with van der Waals surface area (Å²) < 4.78 is 37.0. The van der Waals surface area contributed by atoms with E-state index >= 15 is 0 Å². The van der Waals surface area contributed by atoms with E-state index in [1.807, 2.05) is 30.3 Å². The first-order valence-corrected chi connectivity index (χ1v) is 5.02. The van der Waals surface area contributed by atoms with Crippen molar-refractivity contribution in [1.82, 2.24) is 0 Å². The Balaban J connectivity index is 0.000000771. The van der Waals surface area contributed by atoms with Crippen molar-refractivity contribution < 1.29 is 13.2 Å². The van der Waals surface area contributed by atoms with E-state index in [0.717, 1.165) is 23.3 Å². The molecule has 0 aromatic heterocycles. The number of hydrogen-bond acceptors (Lipinski definition) is 1. The van der Waals surface area contributed by atoms with Gasteiger partial charge in [-0.1, -0.05) is 42.5 Å². The lowest BCUT2D eigenvalue weighted by Gasteiger charge is -2.07. The van der Waals surface area contributed by atoms with Gasteiger partial charge in [0, 0.05) is 0 Å². The molecule has 92 valence electrons. The van der Waals surface area contributed by atoms with Gasteiger partial charge in [0.15, 0.2) is 0 Å². The first-order chi connectivity index (χ1) is 8.57. The summed E-state index contributed by atoms with van der Waals surface area (Å²) in [5, 5.41) is 6.25. The van der Waals surface area contributed by atoms with Crippen LogP contribution in [0.1, 0.15) is 5.56 Å². The van der Waals surface area contributed by atoms with Gasteiger partial charge in [-0.15, -0.1) is 0 Å². The molecule has 0 aliphatic heterocycles. The Labute approximate surface area is 103 Å². The Morgan fingerprint density at radius 3 is 1.61 bits per heavy atom. The lowest BCUT2D eigenvalue weighted by molar-refractivity contribution is -0.137. The highest BCUT2D eigenvalue weighted by Gasteiger charge is 2.29. The molecule has 0 amide bonds. The average molecular weight is 248 g/mol. The van der Waals surface area contributed by atoms with E-state index in [1.54, 1.807) is 0 Å².